The van der Waals surface area contributed by atoms with Gasteiger partial charge < -0.3 is 9.64 Å². The molecule has 0 aromatic heterocycles. The Morgan fingerprint density at radius 3 is 2.73 bits per heavy atom. The van der Waals surface area contributed by atoms with Gasteiger partial charge in [-0.15, -0.1) is 0 Å². The van der Waals surface area contributed by atoms with Crippen molar-refractivity contribution >= 4 is 5.91 Å². The predicted molar refractivity (Wildman–Crippen MR) is 58.5 cm³/mol. The van der Waals surface area contributed by atoms with Crippen LogP contribution in [-0.4, -0.2) is 36.1 Å². The molecule has 3 nitrogen and oxygen atoms in total. The maximum Gasteiger partial charge on any atom is 0.251 e. The Bertz CT molecular complexity index is 234. The molecule has 0 aromatic carbocycles. The lowest BCUT2D eigenvalue weighted by atomic mass is 10.0. The minimum absolute atomic E-state index is 0.135. The van der Waals surface area contributed by atoms with Gasteiger partial charge in [-0.2, -0.15) is 0 Å². The number of hydrogen-bond acceptors (Lipinski definition) is 2. The molecule has 0 spiro atoms. The van der Waals surface area contributed by atoms with E-state index in [0.29, 0.717) is 12.0 Å². The van der Waals surface area contributed by atoms with Gasteiger partial charge >= 0.3 is 0 Å². The van der Waals surface area contributed by atoms with E-state index in [0.717, 1.165) is 38.8 Å². The van der Waals surface area contributed by atoms with Crippen LogP contribution in [0.15, 0.2) is 0 Å². The Labute approximate surface area is 91.8 Å². The first-order valence-corrected chi connectivity index (χ1v) is 6.12. The summed E-state index contributed by atoms with van der Waals surface area (Å²) in [6.45, 7) is 6.09. The SMILES string of the molecule is CC(C)C1CCCN1C(=O)C1CCCO1. The largest absolute Gasteiger partial charge is 0.368 e. The van der Waals surface area contributed by atoms with Crippen molar-refractivity contribution in [1.82, 2.24) is 4.90 Å². The highest BCUT2D eigenvalue weighted by atomic mass is 16.5. The van der Waals surface area contributed by atoms with Crippen LogP contribution in [-0.2, 0) is 9.53 Å². The minimum Gasteiger partial charge on any atom is -0.368 e. The monoisotopic (exact) mass is 211 g/mol. The molecule has 15 heavy (non-hydrogen) atoms. The van der Waals surface area contributed by atoms with E-state index in [4.69, 9.17) is 4.74 Å². The zero-order valence-corrected chi connectivity index (χ0v) is 9.74. The molecule has 2 unspecified atom stereocenters. The quantitative estimate of drug-likeness (QED) is 0.697. The van der Waals surface area contributed by atoms with Crippen molar-refractivity contribution in [2.24, 2.45) is 5.92 Å². The van der Waals surface area contributed by atoms with Gasteiger partial charge in [0.25, 0.3) is 5.91 Å². The van der Waals surface area contributed by atoms with Crippen LogP contribution in [0.5, 0.6) is 0 Å². The molecule has 86 valence electrons. The van der Waals surface area contributed by atoms with E-state index < -0.39 is 0 Å². The lowest BCUT2D eigenvalue weighted by Gasteiger charge is -2.29. The molecule has 3 heteroatoms. The number of rotatable bonds is 2. The van der Waals surface area contributed by atoms with Crippen molar-refractivity contribution < 1.29 is 9.53 Å². The standard InChI is InChI=1S/C12H21NO2/c1-9(2)10-5-3-7-13(10)12(14)11-6-4-8-15-11/h9-11H,3-8H2,1-2H3. The highest BCUT2D eigenvalue weighted by molar-refractivity contribution is 5.81. The molecule has 2 heterocycles. The van der Waals surface area contributed by atoms with E-state index in [-0.39, 0.29) is 12.0 Å². The number of carbonyl (C=O) groups is 1. The van der Waals surface area contributed by atoms with E-state index in [9.17, 15) is 4.79 Å². The minimum atomic E-state index is -0.135. The molecular formula is C12H21NO2. The molecular weight excluding hydrogens is 190 g/mol. The molecule has 2 aliphatic heterocycles. The first-order valence-electron chi connectivity index (χ1n) is 6.12. The van der Waals surface area contributed by atoms with Crippen molar-refractivity contribution in [3.05, 3.63) is 0 Å². The molecule has 2 saturated heterocycles. The highest BCUT2D eigenvalue weighted by Crippen LogP contribution is 2.26. The second-order valence-electron chi connectivity index (χ2n) is 4.99. The second kappa shape index (κ2) is 4.52. The van der Waals surface area contributed by atoms with Gasteiger partial charge in [-0.3, -0.25) is 4.79 Å². The Morgan fingerprint density at radius 2 is 2.13 bits per heavy atom. The number of hydrogen-bond donors (Lipinski definition) is 0. The lowest BCUT2D eigenvalue weighted by molar-refractivity contribution is -0.142. The fourth-order valence-corrected chi connectivity index (χ4v) is 2.72. The van der Waals surface area contributed by atoms with E-state index >= 15 is 0 Å². The number of likely N-dealkylation sites (tertiary alicyclic amines) is 1. The summed E-state index contributed by atoms with van der Waals surface area (Å²) in [6.07, 6.45) is 4.14. The van der Waals surface area contributed by atoms with Crippen LogP contribution < -0.4 is 0 Å². The summed E-state index contributed by atoms with van der Waals surface area (Å²) >= 11 is 0. The highest BCUT2D eigenvalue weighted by Gasteiger charge is 2.35. The third kappa shape index (κ3) is 2.17. The summed E-state index contributed by atoms with van der Waals surface area (Å²) in [7, 11) is 0. The van der Waals surface area contributed by atoms with Gasteiger partial charge in [-0.1, -0.05) is 13.8 Å². The summed E-state index contributed by atoms with van der Waals surface area (Å²) in [5, 5.41) is 0. The Hall–Kier alpha value is -0.570. The Morgan fingerprint density at radius 1 is 1.33 bits per heavy atom. The zero-order valence-electron chi connectivity index (χ0n) is 9.74. The van der Waals surface area contributed by atoms with Gasteiger partial charge in [0.1, 0.15) is 6.10 Å². The summed E-state index contributed by atoms with van der Waals surface area (Å²) in [6, 6.07) is 0.446. The van der Waals surface area contributed by atoms with Crippen LogP contribution in [0.3, 0.4) is 0 Å². The van der Waals surface area contributed by atoms with Gasteiger partial charge in [0.2, 0.25) is 0 Å². The summed E-state index contributed by atoms with van der Waals surface area (Å²) < 4.78 is 5.46. The maximum atomic E-state index is 12.2. The van der Waals surface area contributed by atoms with E-state index in [2.05, 4.69) is 18.7 Å². The average Bonchev–Trinajstić information content (AvgIpc) is 2.88. The van der Waals surface area contributed by atoms with Crippen LogP contribution in [0.25, 0.3) is 0 Å². The molecule has 2 atom stereocenters. The maximum absolute atomic E-state index is 12.2. The smallest absolute Gasteiger partial charge is 0.251 e. The van der Waals surface area contributed by atoms with Crippen molar-refractivity contribution in [3.8, 4) is 0 Å². The first kappa shape index (κ1) is 10.9. The predicted octanol–water partition coefficient (Wildman–Crippen LogP) is 1.81. The fourth-order valence-electron chi connectivity index (χ4n) is 2.72. The lowest BCUT2D eigenvalue weighted by Crippen LogP contribution is -2.43. The van der Waals surface area contributed by atoms with Crippen molar-refractivity contribution in [2.75, 3.05) is 13.2 Å². The number of nitrogens with zero attached hydrogens (tertiary/aromatic N) is 1. The van der Waals surface area contributed by atoms with Crippen LogP contribution in [0.2, 0.25) is 0 Å². The first-order chi connectivity index (χ1) is 7.20. The van der Waals surface area contributed by atoms with Gasteiger partial charge in [-0.25, -0.2) is 0 Å². The van der Waals surface area contributed by atoms with Crippen LogP contribution in [0, 0.1) is 5.92 Å². The molecule has 0 aliphatic carbocycles. The molecule has 1 amide bonds. The molecule has 2 aliphatic rings. The van der Waals surface area contributed by atoms with Gasteiger partial charge in [0.15, 0.2) is 0 Å². The summed E-state index contributed by atoms with van der Waals surface area (Å²) in [5.74, 6) is 0.807. The molecule has 2 fully saturated rings. The summed E-state index contributed by atoms with van der Waals surface area (Å²) in [4.78, 5) is 14.2. The molecule has 2 rings (SSSR count). The third-order valence-corrected chi connectivity index (χ3v) is 3.56. The third-order valence-electron chi connectivity index (χ3n) is 3.56. The van der Waals surface area contributed by atoms with Gasteiger partial charge in [-0.05, 0) is 31.6 Å². The number of carbonyl (C=O) groups excluding carboxylic acids is 1. The molecule has 0 N–H and O–H groups in total. The number of amides is 1. The molecule has 0 bridgehead atoms. The van der Waals surface area contributed by atoms with Crippen LogP contribution in [0.4, 0.5) is 0 Å². The molecule has 0 aromatic rings. The van der Waals surface area contributed by atoms with Crippen LogP contribution >= 0.6 is 0 Å². The zero-order chi connectivity index (χ0) is 10.8. The molecule has 0 radical (unpaired) electrons. The Kier molecular flexibility index (Phi) is 3.29. The number of ether oxygens (including phenoxy) is 1. The van der Waals surface area contributed by atoms with E-state index in [1.165, 1.54) is 0 Å². The summed E-state index contributed by atoms with van der Waals surface area (Å²) in [5.41, 5.74) is 0. The van der Waals surface area contributed by atoms with Crippen LogP contribution in [0.1, 0.15) is 39.5 Å². The fraction of sp³-hybridized carbons (Fsp3) is 0.917. The van der Waals surface area contributed by atoms with Crippen molar-refractivity contribution in [1.29, 1.82) is 0 Å². The van der Waals surface area contributed by atoms with Crippen molar-refractivity contribution in [3.63, 3.8) is 0 Å². The van der Waals surface area contributed by atoms with E-state index in [1.807, 2.05) is 0 Å². The Balaban J connectivity index is 1.99. The topological polar surface area (TPSA) is 29.5 Å². The van der Waals surface area contributed by atoms with Crippen molar-refractivity contribution in [2.45, 2.75) is 51.7 Å². The average molecular weight is 211 g/mol. The van der Waals surface area contributed by atoms with Gasteiger partial charge in [0, 0.05) is 19.2 Å². The molecule has 0 saturated carbocycles. The normalized spacial score (nSPS) is 31.5. The second-order valence-corrected chi connectivity index (χ2v) is 4.99. The van der Waals surface area contributed by atoms with E-state index in [1.54, 1.807) is 0 Å². The van der Waals surface area contributed by atoms with Gasteiger partial charge in [0.05, 0.1) is 0 Å².